The number of carbonyl (C=O) groups excluding carboxylic acids is 4. The molecule has 0 saturated heterocycles. The summed E-state index contributed by atoms with van der Waals surface area (Å²) in [7, 11) is 0. The minimum absolute atomic E-state index is 0.00180. The lowest BCUT2D eigenvalue weighted by atomic mass is 9.78. The summed E-state index contributed by atoms with van der Waals surface area (Å²) in [5.74, 6) is -3.98. The summed E-state index contributed by atoms with van der Waals surface area (Å²) >= 11 is 0. The lowest BCUT2D eigenvalue weighted by Gasteiger charge is -2.31. The first-order chi connectivity index (χ1) is 22.0. The number of aromatic hydroxyl groups is 3. The lowest BCUT2D eigenvalue weighted by Crippen LogP contribution is -2.58. The van der Waals surface area contributed by atoms with E-state index in [1.807, 2.05) is 34.6 Å². The van der Waals surface area contributed by atoms with Crippen molar-refractivity contribution in [2.45, 2.75) is 97.6 Å². The fourth-order valence-electron chi connectivity index (χ4n) is 5.00. The monoisotopic (exact) mass is 658 g/mol. The van der Waals surface area contributed by atoms with Crippen LogP contribution >= 0.6 is 0 Å². The molecule has 5 atom stereocenters. The normalized spacial score (nSPS) is 14.7. The first-order valence-corrected chi connectivity index (χ1v) is 15.8. The lowest BCUT2D eigenvalue weighted by molar-refractivity contribution is -0.134. The highest BCUT2D eigenvalue weighted by Crippen LogP contribution is 2.29. The number of aliphatic hydroxyl groups is 2. The van der Waals surface area contributed by atoms with E-state index < -0.39 is 59.1 Å². The van der Waals surface area contributed by atoms with Gasteiger partial charge in [-0.2, -0.15) is 0 Å². The average molecular weight is 659 g/mol. The van der Waals surface area contributed by atoms with Crippen LogP contribution in [-0.2, 0) is 20.8 Å². The number of carbonyl (C=O) groups is 4. The molecule has 0 radical (unpaired) electrons. The van der Waals surface area contributed by atoms with Crippen LogP contribution in [-0.4, -0.2) is 86.0 Å². The SMILES string of the molecule is CCC(CC)NC(=O)C[C@@H](C(=O)NC[C@@H](O)[C@H](Cc1ccc(O)cc1)NC(=O)[C@@H](NC(=O)c1cc(O)ccc1O)[C@@H](C)O)C(C)(C)C. The van der Waals surface area contributed by atoms with Gasteiger partial charge in [0.05, 0.1) is 29.7 Å². The van der Waals surface area contributed by atoms with E-state index in [2.05, 4.69) is 21.3 Å². The van der Waals surface area contributed by atoms with E-state index in [0.29, 0.717) is 5.56 Å². The van der Waals surface area contributed by atoms with Crippen LogP contribution in [0.3, 0.4) is 0 Å². The third-order valence-electron chi connectivity index (χ3n) is 8.05. The molecule has 0 unspecified atom stereocenters. The van der Waals surface area contributed by atoms with Gasteiger partial charge < -0.3 is 46.8 Å². The van der Waals surface area contributed by atoms with Gasteiger partial charge in [-0.15, -0.1) is 0 Å². The number of phenols is 3. The molecule has 0 fully saturated rings. The molecule has 13 heteroatoms. The highest BCUT2D eigenvalue weighted by molar-refractivity contribution is 6.00. The summed E-state index contributed by atoms with van der Waals surface area (Å²) in [5, 5.41) is 61.8. The van der Waals surface area contributed by atoms with Gasteiger partial charge in [0.25, 0.3) is 5.91 Å². The summed E-state index contributed by atoms with van der Waals surface area (Å²) in [6.07, 6.45) is -1.28. The van der Waals surface area contributed by atoms with Crippen LogP contribution in [0.1, 0.15) is 76.7 Å². The Bertz CT molecular complexity index is 1350. The maximum atomic E-state index is 13.4. The molecule has 47 heavy (non-hydrogen) atoms. The molecule has 2 aromatic rings. The van der Waals surface area contributed by atoms with E-state index in [1.165, 1.54) is 25.1 Å². The molecule has 2 rings (SSSR count). The van der Waals surface area contributed by atoms with Gasteiger partial charge in [0, 0.05) is 19.0 Å². The average Bonchev–Trinajstić information content (AvgIpc) is 3.00. The number of rotatable bonds is 16. The van der Waals surface area contributed by atoms with E-state index in [-0.39, 0.29) is 48.4 Å². The Labute approximate surface area is 275 Å². The maximum absolute atomic E-state index is 13.4. The van der Waals surface area contributed by atoms with Crippen molar-refractivity contribution in [1.82, 2.24) is 21.3 Å². The maximum Gasteiger partial charge on any atom is 0.255 e. The standard InChI is InChI=1S/C34H50N4O9/c1-7-21(8-2)36-29(44)17-25(34(4,5)6)32(46)35-18-28(43)26(15-20-9-11-22(40)12-10-20)37-33(47)30(19(3)39)38-31(45)24-16-23(41)13-14-27(24)42/h9-14,16,19,21,25-26,28,30,39-43H,7-8,15,17-18H2,1-6H3,(H,35,46)(H,36,44)(H,37,47)(H,38,45)/t19-,25+,26+,28-,30+/m1/s1. The predicted octanol–water partition coefficient (Wildman–Crippen LogP) is 1.84. The van der Waals surface area contributed by atoms with Crippen molar-refractivity contribution in [1.29, 1.82) is 0 Å². The van der Waals surface area contributed by atoms with Gasteiger partial charge in [-0.25, -0.2) is 0 Å². The second-order valence-corrected chi connectivity index (χ2v) is 12.9. The Hall–Kier alpha value is -4.36. The highest BCUT2D eigenvalue weighted by Gasteiger charge is 2.35. The Morgan fingerprint density at radius 2 is 1.40 bits per heavy atom. The van der Waals surface area contributed by atoms with E-state index >= 15 is 0 Å². The van der Waals surface area contributed by atoms with Crippen LogP contribution in [0.5, 0.6) is 17.2 Å². The molecule has 4 amide bonds. The highest BCUT2D eigenvalue weighted by atomic mass is 16.3. The molecule has 0 aliphatic heterocycles. The Morgan fingerprint density at radius 3 is 1.96 bits per heavy atom. The quantitative estimate of drug-likeness (QED) is 0.120. The van der Waals surface area contributed by atoms with E-state index in [1.54, 1.807) is 12.1 Å². The van der Waals surface area contributed by atoms with Crippen molar-refractivity contribution in [2.24, 2.45) is 11.3 Å². The zero-order valence-corrected chi connectivity index (χ0v) is 27.9. The van der Waals surface area contributed by atoms with Crippen molar-refractivity contribution < 1.29 is 44.7 Å². The van der Waals surface area contributed by atoms with Gasteiger partial charge in [0.1, 0.15) is 23.3 Å². The summed E-state index contributed by atoms with van der Waals surface area (Å²) in [4.78, 5) is 52.4. The molecule has 0 spiro atoms. The fraction of sp³-hybridized carbons (Fsp3) is 0.529. The fourth-order valence-corrected chi connectivity index (χ4v) is 5.00. The topological polar surface area (TPSA) is 218 Å². The molecule has 13 nitrogen and oxygen atoms in total. The van der Waals surface area contributed by atoms with E-state index in [4.69, 9.17) is 0 Å². The van der Waals surface area contributed by atoms with Crippen molar-refractivity contribution in [2.75, 3.05) is 6.54 Å². The molecule has 0 bridgehead atoms. The van der Waals surface area contributed by atoms with Crippen molar-refractivity contribution in [3.05, 3.63) is 53.6 Å². The first kappa shape index (κ1) is 38.8. The second-order valence-electron chi connectivity index (χ2n) is 12.9. The molecule has 0 aliphatic carbocycles. The molecule has 0 heterocycles. The smallest absolute Gasteiger partial charge is 0.255 e. The number of hydrogen-bond acceptors (Lipinski definition) is 9. The molecule has 0 saturated carbocycles. The number of phenolic OH excluding ortho intramolecular Hbond substituents is 3. The Balaban J connectivity index is 2.24. The van der Waals surface area contributed by atoms with E-state index in [0.717, 1.165) is 25.0 Å². The zero-order chi connectivity index (χ0) is 35.5. The van der Waals surface area contributed by atoms with Crippen LogP contribution in [0.15, 0.2) is 42.5 Å². The van der Waals surface area contributed by atoms with Crippen LogP contribution < -0.4 is 21.3 Å². The first-order valence-electron chi connectivity index (χ1n) is 15.8. The van der Waals surface area contributed by atoms with Crippen molar-refractivity contribution >= 4 is 23.6 Å². The molecule has 260 valence electrons. The number of benzene rings is 2. The van der Waals surface area contributed by atoms with Crippen LogP contribution in [0.2, 0.25) is 0 Å². The molecule has 9 N–H and O–H groups in total. The summed E-state index contributed by atoms with van der Waals surface area (Å²) in [5.41, 5.74) is -0.299. The Morgan fingerprint density at radius 1 is 0.809 bits per heavy atom. The number of aliphatic hydroxyl groups excluding tert-OH is 2. The second kappa shape index (κ2) is 17.5. The van der Waals surface area contributed by atoms with Crippen LogP contribution in [0.25, 0.3) is 0 Å². The predicted molar refractivity (Wildman–Crippen MR) is 176 cm³/mol. The van der Waals surface area contributed by atoms with Gasteiger partial charge in [-0.3, -0.25) is 19.2 Å². The zero-order valence-electron chi connectivity index (χ0n) is 27.9. The molecule has 0 aliphatic rings. The third-order valence-corrected chi connectivity index (χ3v) is 8.05. The van der Waals surface area contributed by atoms with Crippen molar-refractivity contribution in [3.63, 3.8) is 0 Å². The van der Waals surface area contributed by atoms with Gasteiger partial charge in [-0.05, 0) is 67.5 Å². The minimum Gasteiger partial charge on any atom is -0.508 e. The summed E-state index contributed by atoms with van der Waals surface area (Å²) < 4.78 is 0. The van der Waals surface area contributed by atoms with Gasteiger partial charge in [0.15, 0.2) is 0 Å². The minimum atomic E-state index is -1.53. The largest absolute Gasteiger partial charge is 0.508 e. The number of nitrogens with one attached hydrogen (secondary N) is 4. The summed E-state index contributed by atoms with van der Waals surface area (Å²) in [6, 6.07) is 6.74. The Kier molecular flexibility index (Phi) is 14.5. The van der Waals surface area contributed by atoms with Crippen LogP contribution in [0.4, 0.5) is 0 Å². The molecule has 2 aromatic carbocycles. The summed E-state index contributed by atoms with van der Waals surface area (Å²) in [6.45, 7) is 10.4. The molecular formula is C34H50N4O9. The molecule has 0 aromatic heterocycles. The van der Waals surface area contributed by atoms with Gasteiger partial charge in [-0.1, -0.05) is 46.8 Å². The number of hydrogen-bond donors (Lipinski definition) is 9. The third kappa shape index (κ3) is 12.1. The molecular weight excluding hydrogens is 608 g/mol. The van der Waals surface area contributed by atoms with Gasteiger partial charge >= 0.3 is 0 Å². The van der Waals surface area contributed by atoms with Crippen molar-refractivity contribution in [3.8, 4) is 17.2 Å². The van der Waals surface area contributed by atoms with E-state index in [9.17, 15) is 44.7 Å². The van der Waals surface area contributed by atoms with Gasteiger partial charge in [0.2, 0.25) is 17.7 Å². The number of amides is 4. The van der Waals surface area contributed by atoms with Crippen LogP contribution in [0, 0.1) is 11.3 Å².